The third-order valence-corrected chi connectivity index (χ3v) is 5.91. The Balaban J connectivity index is 1.56. The fraction of sp³-hybridized carbons (Fsp3) is 0.111. The molecule has 0 aliphatic rings. The first-order chi connectivity index (χ1) is 14.9. The van der Waals surface area contributed by atoms with Crippen LogP contribution in [0.5, 0.6) is 5.75 Å². The van der Waals surface area contributed by atoms with Crippen molar-refractivity contribution in [3.63, 3.8) is 0 Å². The molecule has 0 spiro atoms. The van der Waals surface area contributed by atoms with E-state index >= 15 is 0 Å². The number of methoxy groups -OCH3 is 1. The van der Waals surface area contributed by atoms with Gasteiger partial charge in [-0.15, -0.1) is 10.2 Å². The van der Waals surface area contributed by atoms with Gasteiger partial charge in [0.15, 0.2) is 4.34 Å². The fourth-order valence-electron chi connectivity index (χ4n) is 2.36. The van der Waals surface area contributed by atoms with Crippen LogP contribution < -0.4 is 15.4 Å². The van der Waals surface area contributed by atoms with E-state index in [-0.39, 0.29) is 28.0 Å². The van der Waals surface area contributed by atoms with Crippen molar-refractivity contribution in [2.75, 3.05) is 23.5 Å². The summed E-state index contributed by atoms with van der Waals surface area (Å²) in [6, 6.07) is 10.3. The molecule has 31 heavy (non-hydrogen) atoms. The number of thioether (sulfide) groups is 1. The van der Waals surface area contributed by atoms with Crippen LogP contribution >= 0.6 is 34.7 Å². The van der Waals surface area contributed by atoms with E-state index in [1.165, 1.54) is 31.4 Å². The number of nitro benzene ring substituents is 1. The van der Waals surface area contributed by atoms with E-state index in [1.807, 2.05) is 0 Å². The van der Waals surface area contributed by atoms with E-state index in [2.05, 4.69) is 20.8 Å². The molecular weight excluding hydrogens is 466 g/mol. The van der Waals surface area contributed by atoms with Gasteiger partial charge in [0.1, 0.15) is 5.75 Å². The van der Waals surface area contributed by atoms with Gasteiger partial charge in [0.05, 0.1) is 23.3 Å². The van der Waals surface area contributed by atoms with E-state index in [0.717, 1.165) is 23.1 Å². The monoisotopic (exact) mass is 479 g/mol. The molecule has 160 valence electrons. The second-order valence-electron chi connectivity index (χ2n) is 5.82. The standard InChI is InChI=1S/C18H14ClN5O5S2/c1-29-14-6-5-10(19)7-13(14)16(26)21-17-22-23-18(31-17)30-9-15(25)20-11-3-2-4-12(8-11)24(27)28/h2-8H,9H2,1H3,(H,20,25)(H,21,22,26). The number of non-ortho nitro benzene ring substituents is 1. The summed E-state index contributed by atoms with van der Waals surface area (Å²) in [6.07, 6.45) is 0. The quantitative estimate of drug-likeness (QED) is 0.213. The van der Waals surface area contributed by atoms with Gasteiger partial charge < -0.3 is 10.1 Å². The Morgan fingerprint density at radius 2 is 2.03 bits per heavy atom. The molecule has 0 fully saturated rings. The number of benzene rings is 2. The highest BCUT2D eigenvalue weighted by molar-refractivity contribution is 8.01. The van der Waals surface area contributed by atoms with Gasteiger partial charge in [-0.3, -0.25) is 25.0 Å². The van der Waals surface area contributed by atoms with Gasteiger partial charge in [-0.1, -0.05) is 40.8 Å². The fourth-order valence-corrected chi connectivity index (χ4v) is 4.08. The zero-order chi connectivity index (χ0) is 22.4. The third kappa shape index (κ3) is 6.13. The minimum Gasteiger partial charge on any atom is -0.496 e. The molecule has 0 saturated heterocycles. The van der Waals surface area contributed by atoms with Crippen LogP contribution in [0.3, 0.4) is 0 Å². The van der Waals surface area contributed by atoms with Crippen molar-refractivity contribution in [1.82, 2.24) is 10.2 Å². The molecule has 2 N–H and O–H groups in total. The van der Waals surface area contributed by atoms with Crippen molar-refractivity contribution in [1.29, 1.82) is 0 Å². The van der Waals surface area contributed by atoms with Crippen molar-refractivity contribution >= 4 is 63.0 Å². The lowest BCUT2D eigenvalue weighted by atomic mass is 10.2. The predicted molar refractivity (Wildman–Crippen MR) is 118 cm³/mol. The van der Waals surface area contributed by atoms with E-state index in [1.54, 1.807) is 18.2 Å². The summed E-state index contributed by atoms with van der Waals surface area (Å²) in [6.45, 7) is 0. The van der Waals surface area contributed by atoms with Gasteiger partial charge in [-0.05, 0) is 24.3 Å². The minimum absolute atomic E-state index is 0.00733. The van der Waals surface area contributed by atoms with Gasteiger partial charge in [0, 0.05) is 22.8 Å². The van der Waals surface area contributed by atoms with E-state index < -0.39 is 10.8 Å². The summed E-state index contributed by atoms with van der Waals surface area (Å²) in [7, 11) is 1.44. The normalized spacial score (nSPS) is 10.4. The number of nitrogens with zero attached hydrogens (tertiary/aromatic N) is 3. The number of nitro groups is 1. The summed E-state index contributed by atoms with van der Waals surface area (Å²) >= 11 is 8.15. The number of carbonyl (C=O) groups excluding carboxylic acids is 2. The number of hydrogen-bond acceptors (Lipinski definition) is 9. The number of anilines is 2. The Hall–Kier alpha value is -3.22. The molecule has 10 nitrogen and oxygen atoms in total. The molecule has 3 rings (SSSR count). The Kier molecular flexibility index (Phi) is 7.39. The SMILES string of the molecule is COc1ccc(Cl)cc1C(=O)Nc1nnc(SCC(=O)Nc2cccc([N+](=O)[O-])c2)s1. The maximum Gasteiger partial charge on any atom is 0.271 e. The van der Waals surface area contributed by atoms with E-state index in [0.29, 0.717) is 20.8 Å². The molecular formula is C18H14ClN5O5S2. The molecule has 0 atom stereocenters. The molecule has 1 aromatic heterocycles. The van der Waals surface area contributed by atoms with Crippen LogP contribution in [0.4, 0.5) is 16.5 Å². The van der Waals surface area contributed by atoms with Crippen LogP contribution in [0.1, 0.15) is 10.4 Å². The molecule has 0 aliphatic carbocycles. The Morgan fingerprint density at radius 3 is 2.77 bits per heavy atom. The van der Waals surface area contributed by atoms with Crippen LogP contribution in [0.15, 0.2) is 46.8 Å². The minimum atomic E-state index is -0.541. The zero-order valence-electron chi connectivity index (χ0n) is 15.8. The molecule has 2 amide bonds. The predicted octanol–water partition coefficient (Wildman–Crippen LogP) is 4.09. The first kappa shape index (κ1) is 22.5. The lowest BCUT2D eigenvalue weighted by molar-refractivity contribution is -0.384. The number of nitrogens with one attached hydrogen (secondary N) is 2. The second kappa shape index (κ2) is 10.2. The van der Waals surface area contributed by atoms with Gasteiger partial charge in [-0.25, -0.2) is 0 Å². The molecule has 0 unspecified atom stereocenters. The second-order valence-corrected chi connectivity index (χ2v) is 8.45. The highest BCUT2D eigenvalue weighted by Crippen LogP contribution is 2.28. The molecule has 0 aliphatic heterocycles. The Morgan fingerprint density at radius 1 is 1.23 bits per heavy atom. The van der Waals surface area contributed by atoms with Crippen molar-refractivity contribution in [3.8, 4) is 5.75 Å². The average molecular weight is 480 g/mol. The number of amides is 2. The van der Waals surface area contributed by atoms with Crippen LogP contribution in [-0.2, 0) is 4.79 Å². The number of aromatic nitrogens is 2. The summed E-state index contributed by atoms with van der Waals surface area (Å²) in [5, 5.41) is 24.4. The number of carbonyl (C=O) groups is 2. The van der Waals surface area contributed by atoms with E-state index in [9.17, 15) is 19.7 Å². The molecule has 0 radical (unpaired) electrons. The highest BCUT2D eigenvalue weighted by Gasteiger charge is 2.16. The molecule has 2 aromatic carbocycles. The van der Waals surface area contributed by atoms with Crippen molar-refractivity contribution in [2.24, 2.45) is 0 Å². The van der Waals surface area contributed by atoms with Crippen molar-refractivity contribution in [2.45, 2.75) is 4.34 Å². The number of hydrogen-bond donors (Lipinski definition) is 2. The van der Waals surface area contributed by atoms with Crippen LogP contribution in [0, 0.1) is 10.1 Å². The highest BCUT2D eigenvalue weighted by atomic mass is 35.5. The van der Waals surface area contributed by atoms with Gasteiger partial charge in [0.25, 0.3) is 11.6 Å². The van der Waals surface area contributed by atoms with Crippen molar-refractivity contribution in [3.05, 3.63) is 63.2 Å². The summed E-state index contributed by atoms with van der Waals surface area (Å²) in [5.41, 5.74) is 0.447. The summed E-state index contributed by atoms with van der Waals surface area (Å²) in [4.78, 5) is 34.8. The topological polar surface area (TPSA) is 136 Å². The van der Waals surface area contributed by atoms with Crippen molar-refractivity contribution < 1.29 is 19.2 Å². The van der Waals surface area contributed by atoms with Crippen LogP contribution in [0.2, 0.25) is 5.02 Å². The molecule has 1 heterocycles. The number of rotatable bonds is 8. The zero-order valence-corrected chi connectivity index (χ0v) is 18.2. The maximum absolute atomic E-state index is 12.5. The third-order valence-electron chi connectivity index (χ3n) is 3.70. The lowest BCUT2D eigenvalue weighted by Crippen LogP contribution is -2.14. The number of halogens is 1. The van der Waals surface area contributed by atoms with Crippen LogP contribution in [0.25, 0.3) is 0 Å². The molecule has 3 aromatic rings. The Bertz CT molecular complexity index is 1140. The summed E-state index contributed by atoms with van der Waals surface area (Å²) < 4.78 is 5.62. The van der Waals surface area contributed by atoms with Gasteiger partial charge in [-0.2, -0.15) is 0 Å². The van der Waals surface area contributed by atoms with Crippen LogP contribution in [-0.4, -0.2) is 39.8 Å². The lowest BCUT2D eigenvalue weighted by Gasteiger charge is -2.07. The first-order valence-corrected chi connectivity index (χ1v) is 10.7. The molecule has 13 heteroatoms. The van der Waals surface area contributed by atoms with Gasteiger partial charge >= 0.3 is 0 Å². The molecule has 0 bridgehead atoms. The van der Waals surface area contributed by atoms with Gasteiger partial charge in [0.2, 0.25) is 11.0 Å². The largest absolute Gasteiger partial charge is 0.496 e. The molecule has 0 saturated carbocycles. The summed E-state index contributed by atoms with van der Waals surface area (Å²) in [5.74, 6) is -0.461. The van der Waals surface area contributed by atoms with E-state index in [4.69, 9.17) is 16.3 Å². The smallest absolute Gasteiger partial charge is 0.271 e. The average Bonchev–Trinajstić information content (AvgIpc) is 3.19. The maximum atomic E-state index is 12.5. The Labute approximate surface area is 189 Å². The first-order valence-electron chi connectivity index (χ1n) is 8.51. The number of ether oxygens (including phenoxy) is 1.